The number of ether oxygens (including phenoxy) is 1. The second-order valence-corrected chi connectivity index (χ2v) is 5.80. The van der Waals surface area contributed by atoms with Crippen LogP contribution in [0.25, 0.3) is 11.0 Å². The Morgan fingerprint density at radius 1 is 1.12 bits per heavy atom. The molecule has 0 saturated carbocycles. The van der Waals surface area contributed by atoms with Gasteiger partial charge in [-0.1, -0.05) is 18.2 Å². The van der Waals surface area contributed by atoms with Crippen molar-refractivity contribution in [2.45, 2.75) is 12.3 Å². The van der Waals surface area contributed by atoms with Crippen LogP contribution < -0.4 is 16.1 Å². The molecule has 0 spiro atoms. The number of hydrogen-bond acceptors (Lipinski definition) is 5. The molecule has 0 atom stereocenters. The van der Waals surface area contributed by atoms with Crippen LogP contribution in [0.3, 0.4) is 0 Å². The number of nitrogens with two attached hydrogens (primary N) is 1. The lowest BCUT2D eigenvalue weighted by Gasteiger charge is -2.06. The first-order valence-corrected chi connectivity index (χ1v) is 8.28. The molecular formula is C19H17Cl2NO4. The number of rotatable bonds is 5. The van der Waals surface area contributed by atoms with Crippen molar-refractivity contribution in [1.82, 2.24) is 0 Å². The predicted octanol–water partition coefficient (Wildman–Crippen LogP) is 3.67. The number of carbonyl (C=O) groups excluding carboxylic acids is 1. The highest BCUT2D eigenvalue weighted by molar-refractivity contribution is 6.17. The zero-order chi connectivity index (χ0) is 17.8. The van der Waals surface area contributed by atoms with Crippen LogP contribution in [-0.2, 0) is 12.3 Å². The first-order valence-electron chi connectivity index (χ1n) is 7.74. The molecule has 136 valence electrons. The second kappa shape index (κ2) is 8.85. The molecule has 7 heteroatoms. The number of alkyl halides is 1. The maximum absolute atomic E-state index is 12.4. The van der Waals surface area contributed by atoms with Gasteiger partial charge in [0.2, 0.25) is 0 Å². The van der Waals surface area contributed by atoms with Crippen LogP contribution in [0.2, 0.25) is 0 Å². The molecule has 1 aromatic heterocycles. The van der Waals surface area contributed by atoms with E-state index in [1.54, 1.807) is 36.4 Å². The van der Waals surface area contributed by atoms with Gasteiger partial charge in [-0.2, -0.15) is 0 Å². The van der Waals surface area contributed by atoms with Crippen LogP contribution in [0.5, 0.6) is 5.75 Å². The number of halogens is 2. The van der Waals surface area contributed by atoms with Gasteiger partial charge in [-0.05, 0) is 54.4 Å². The standard InChI is InChI=1S/C19H16ClNO4.ClH/c20-11-13-4-5-17-14(8-13)10-16(19(23)25-17)18(22)24-15-3-1-2-12(9-15)6-7-21;/h1-5,8-10H,6-7,11,21H2;1H. The summed E-state index contributed by atoms with van der Waals surface area (Å²) < 4.78 is 10.5. The minimum Gasteiger partial charge on any atom is -0.423 e. The van der Waals surface area contributed by atoms with Crippen LogP contribution in [0.4, 0.5) is 0 Å². The fraction of sp³-hybridized carbons (Fsp3) is 0.158. The monoisotopic (exact) mass is 393 g/mol. The van der Waals surface area contributed by atoms with Crippen LogP contribution in [0.15, 0.2) is 57.7 Å². The molecule has 0 fully saturated rings. The van der Waals surface area contributed by atoms with Crippen molar-refractivity contribution in [3.8, 4) is 5.75 Å². The van der Waals surface area contributed by atoms with Gasteiger partial charge in [-0.25, -0.2) is 9.59 Å². The van der Waals surface area contributed by atoms with Crippen molar-refractivity contribution in [3.63, 3.8) is 0 Å². The van der Waals surface area contributed by atoms with Gasteiger partial charge in [-0.3, -0.25) is 0 Å². The van der Waals surface area contributed by atoms with Crippen molar-refractivity contribution in [1.29, 1.82) is 0 Å². The molecule has 5 nitrogen and oxygen atoms in total. The van der Waals surface area contributed by atoms with E-state index >= 15 is 0 Å². The highest BCUT2D eigenvalue weighted by Gasteiger charge is 2.16. The lowest BCUT2D eigenvalue weighted by molar-refractivity contribution is 0.0730. The predicted molar refractivity (Wildman–Crippen MR) is 103 cm³/mol. The van der Waals surface area contributed by atoms with E-state index in [4.69, 9.17) is 26.5 Å². The first-order chi connectivity index (χ1) is 12.1. The normalized spacial score (nSPS) is 10.4. The molecule has 1 heterocycles. The summed E-state index contributed by atoms with van der Waals surface area (Å²) in [7, 11) is 0. The van der Waals surface area contributed by atoms with Gasteiger partial charge in [0.05, 0.1) is 0 Å². The Hall–Kier alpha value is -2.34. The molecule has 0 aliphatic heterocycles. The Labute approximate surface area is 161 Å². The molecular weight excluding hydrogens is 377 g/mol. The van der Waals surface area contributed by atoms with Crippen LogP contribution >= 0.6 is 24.0 Å². The van der Waals surface area contributed by atoms with E-state index in [1.165, 1.54) is 6.07 Å². The summed E-state index contributed by atoms with van der Waals surface area (Å²) >= 11 is 5.82. The number of benzene rings is 2. The average Bonchev–Trinajstić information content (AvgIpc) is 2.61. The van der Waals surface area contributed by atoms with E-state index in [9.17, 15) is 9.59 Å². The molecule has 2 N–H and O–H groups in total. The highest BCUT2D eigenvalue weighted by Crippen LogP contribution is 2.19. The van der Waals surface area contributed by atoms with Crippen molar-refractivity contribution < 1.29 is 13.9 Å². The summed E-state index contributed by atoms with van der Waals surface area (Å²) in [5.74, 6) is -0.0928. The quantitative estimate of drug-likeness (QED) is 0.309. The third-order valence-corrected chi connectivity index (χ3v) is 4.02. The Kier molecular flexibility index (Phi) is 6.80. The third-order valence-electron chi connectivity index (χ3n) is 3.71. The second-order valence-electron chi connectivity index (χ2n) is 5.53. The summed E-state index contributed by atoms with van der Waals surface area (Å²) in [4.78, 5) is 24.4. The molecule has 0 saturated heterocycles. The Morgan fingerprint density at radius 2 is 1.92 bits per heavy atom. The summed E-state index contributed by atoms with van der Waals surface area (Å²) in [6.45, 7) is 0.495. The van der Waals surface area contributed by atoms with Gasteiger partial charge in [-0.15, -0.1) is 24.0 Å². The van der Waals surface area contributed by atoms with Crippen LogP contribution in [0.1, 0.15) is 21.5 Å². The van der Waals surface area contributed by atoms with E-state index in [1.807, 2.05) is 6.07 Å². The Morgan fingerprint density at radius 3 is 2.65 bits per heavy atom. The largest absolute Gasteiger partial charge is 0.423 e. The van der Waals surface area contributed by atoms with Gasteiger partial charge in [0.25, 0.3) is 0 Å². The first kappa shape index (κ1) is 20.0. The van der Waals surface area contributed by atoms with Gasteiger partial charge < -0.3 is 14.9 Å². The summed E-state index contributed by atoms with van der Waals surface area (Å²) in [5.41, 5.74) is 6.82. The minimum atomic E-state index is -0.767. The number of hydrogen-bond donors (Lipinski definition) is 1. The van der Waals surface area contributed by atoms with E-state index in [0.29, 0.717) is 35.6 Å². The smallest absolute Gasteiger partial charge is 0.351 e. The minimum absolute atomic E-state index is 0. The molecule has 0 aliphatic carbocycles. The van der Waals surface area contributed by atoms with Gasteiger partial charge in [0.15, 0.2) is 0 Å². The lowest BCUT2D eigenvalue weighted by Crippen LogP contribution is -2.18. The Balaban J connectivity index is 0.00000243. The molecule has 26 heavy (non-hydrogen) atoms. The molecule has 0 amide bonds. The maximum Gasteiger partial charge on any atom is 0.351 e. The molecule has 0 unspecified atom stereocenters. The van der Waals surface area contributed by atoms with Crippen LogP contribution in [-0.4, -0.2) is 12.5 Å². The highest BCUT2D eigenvalue weighted by atomic mass is 35.5. The number of carbonyl (C=O) groups is 1. The zero-order valence-electron chi connectivity index (χ0n) is 13.7. The van der Waals surface area contributed by atoms with E-state index < -0.39 is 11.6 Å². The molecule has 2 aromatic carbocycles. The van der Waals surface area contributed by atoms with Crippen molar-refractivity contribution >= 4 is 40.9 Å². The van der Waals surface area contributed by atoms with Gasteiger partial charge in [0.1, 0.15) is 16.9 Å². The zero-order valence-corrected chi connectivity index (χ0v) is 15.3. The maximum atomic E-state index is 12.4. The third kappa shape index (κ3) is 4.43. The fourth-order valence-electron chi connectivity index (χ4n) is 2.49. The molecule has 0 aliphatic rings. The van der Waals surface area contributed by atoms with E-state index in [-0.39, 0.29) is 18.0 Å². The van der Waals surface area contributed by atoms with Crippen molar-refractivity contribution in [3.05, 3.63) is 75.6 Å². The number of esters is 1. The topological polar surface area (TPSA) is 82.5 Å². The summed E-state index contributed by atoms with van der Waals surface area (Å²) in [5, 5.41) is 0.613. The molecule has 0 radical (unpaired) electrons. The van der Waals surface area contributed by atoms with Gasteiger partial charge in [0, 0.05) is 11.3 Å². The molecule has 3 rings (SSSR count). The van der Waals surface area contributed by atoms with E-state index in [2.05, 4.69) is 0 Å². The molecule has 3 aromatic rings. The van der Waals surface area contributed by atoms with Crippen molar-refractivity contribution in [2.75, 3.05) is 6.54 Å². The average molecular weight is 394 g/mol. The van der Waals surface area contributed by atoms with E-state index in [0.717, 1.165) is 11.1 Å². The fourth-order valence-corrected chi connectivity index (χ4v) is 2.66. The van der Waals surface area contributed by atoms with Crippen molar-refractivity contribution in [2.24, 2.45) is 5.73 Å². The SMILES string of the molecule is Cl.NCCc1cccc(OC(=O)c2cc3cc(CCl)ccc3oc2=O)c1. The summed E-state index contributed by atoms with van der Waals surface area (Å²) in [6, 6.07) is 13.7. The van der Waals surface area contributed by atoms with Crippen LogP contribution in [0, 0.1) is 0 Å². The number of fused-ring (bicyclic) bond motifs is 1. The molecule has 0 bridgehead atoms. The summed E-state index contributed by atoms with van der Waals surface area (Å²) in [6.07, 6.45) is 0.671. The lowest BCUT2D eigenvalue weighted by atomic mass is 10.1. The van der Waals surface area contributed by atoms with Gasteiger partial charge >= 0.3 is 11.6 Å². The Bertz CT molecular complexity index is 985.